The van der Waals surface area contributed by atoms with Gasteiger partial charge in [0.1, 0.15) is 0 Å². The van der Waals surface area contributed by atoms with Crippen LogP contribution >= 0.6 is 0 Å². The lowest BCUT2D eigenvalue weighted by Crippen LogP contribution is -2.35. The van der Waals surface area contributed by atoms with Gasteiger partial charge in [-0.25, -0.2) is 0 Å². The van der Waals surface area contributed by atoms with Crippen molar-refractivity contribution in [1.29, 1.82) is 0 Å². The third kappa shape index (κ3) is 5.32. The summed E-state index contributed by atoms with van der Waals surface area (Å²) in [5, 5.41) is 0. The number of hydrogen-bond acceptors (Lipinski definition) is 4. The average Bonchev–Trinajstić information content (AvgIpc) is 2.49. The zero-order valence-corrected chi connectivity index (χ0v) is 13.0. The lowest BCUT2D eigenvalue weighted by atomic mass is 10.0. The molecule has 0 aromatic rings. The average molecular weight is 286 g/mol. The molecule has 2 rings (SSSR count). The summed E-state index contributed by atoms with van der Waals surface area (Å²) in [5.74, 6) is 1.08. The van der Waals surface area contributed by atoms with Crippen molar-refractivity contribution in [2.75, 3.05) is 26.4 Å². The van der Waals surface area contributed by atoms with Crippen LogP contribution in [0.4, 0.5) is 0 Å². The maximum absolute atomic E-state index is 5.79. The van der Waals surface area contributed by atoms with E-state index in [0.29, 0.717) is 11.8 Å². The van der Waals surface area contributed by atoms with E-state index in [1.807, 2.05) is 0 Å². The summed E-state index contributed by atoms with van der Waals surface area (Å²) in [6.45, 7) is 7.71. The third-order valence-electron chi connectivity index (χ3n) is 4.10. The van der Waals surface area contributed by atoms with E-state index in [1.54, 1.807) is 0 Å². The maximum Gasteiger partial charge on any atom is 0.157 e. The molecule has 0 unspecified atom stereocenters. The fourth-order valence-corrected chi connectivity index (χ4v) is 2.85. The van der Waals surface area contributed by atoms with E-state index >= 15 is 0 Å². The van der Waals surface area contributed by atoms with Crippen LogP contribution in [0.25, 0.3) is 0 Å². The van der Waals surface area contributed by atoms with Crippen LogP contribution < -0.4 is 0 Å². The van der Waals surface area contributed by atoms with Gasteiger partial charge in [-0.2, -0.15) is 0 Å². The first-order valence-electron chi connectivity index (χ1n) is 8.28. The zero-order valence-electron chi connectivity index (χ0n) is 13.0. The highest BCUT2D eigenvalue weighted by atomic mass is 16.7. The Labute approximate surface area is 123 Å². The van der Waals surface area contributed by atoms with Crippen LogP contribution in [0.2, 0.25) is 0 Å². The monoisotopic (exact) mass is 286 g/mol. The third-order valence-corrected chi connectivity index (χ3v) is 4.10. The number of rotatable bonds is 7. The minimum absolute atomic E-state index is 0.0172. The first kappa shape index (κ1) is 16.2. The normalized spacial score (nSPS) is 35.1. The summed E-state index contributed by atoms with van der Waals surface area (Å²) in [7, 11) is 0. The van der Waals surface area contributed by atoms with Gasteiger partial charge in [-0.3, -0.25) is 0 Å². The highest BCUT2D eigenvalue weighted by Gasteiger charge is 2.25. The fourth-order valence-electron chi connectivity index (χ4n) is 2.85. The molecule has 2 saturated heterocycles. The molecule has 0 saturated carbocycles. The van der Waals surface area contributed by atoms with E-state index in [4.69, 9.17) is 18.9 Å². The predicted molar refractivity (Wildman–Crippen MR) is 77.4 cm³/mol. The quantitative estimate of drug-likeness (QED) is 0.719. The van der Waals surface area contributed by atoms with Gasteiger partial charge in [0.15, 0.2) is 12.6 Å². The van der Waals surface area contributed by atoms with Crippen LogP contribution in [-0.2, 0) is 18.9 Å². The second kappa shape index (κ2) is 8.98. The van der Waals surface area contributed by atoms with Crippen LogP contribution in [0.5, 0.6) is 0 Å². The highest BCUT2D eigenvalue weighted by molar-refractivity contribution is 4.67. The minimum atomic E-state index is -0.0172. The van der Waals surface area contributed by atoms with Crippen molar-refractivity contribution < 1.29 is 18.9 Å². The Morgan fingerprint density at radius 2 is 1.05 bits per heavy atom. The summed E-state index contributed by atoms with van der Waals surface area (Å²) in [6, 6.07) is 0. The number of ether oxygens (including phenoxy) is 4. The van der Waals surface area contributed by atoms with Gasteiger partial charge in [-0.1, -0.05) is 26.7 Å². The highest BCUT2D eigenvalue weighted by Crippen LogP contribution is 2.23. The molecule has 20 heavy (non-hydrogen) atoms. The first-order valence-corrected chi connectivity index (χ1v) is 8.28. The Morgan fingerprint density at radius 3 is 1.55 bits per heavy atom. The molecule has 0 aromatic carbocycles. The molecule has 0 aliphatic carbocycles. The van der Waals surface area contributed by atoms with Crippen molar-refractivity contribution in [1.82, 2.24) is 0 Å². The van der Waals surface area contributed by atoms with Gasteiger partial charge in [-0.15, -0.1) is 0 Å². The SMILES string of the molecule is CCC[C@H]1CO[C@H](CC[C@H]2CO[C@H](CCC)OC2)OC1. The van der Waals surface area contributed by atoms with E-state index in [0.717, 1.165) is 52.1 Å². The molecule has 2 aliphatic rings. The van der Waals surface area contributed by atoms with Gasteiger partial charge >= 0.3 is 0 Å². The molecule has 0 aromatic heterocycles. The maximum atomic E-state index is 5.79. The predicted octanol–water partition coefficient (Wildman–Crippen LogP) is 3.35. The molecule has 0 amide bonds. The lowest BCUT2D eigenvalue weighted by molar-refractivity contribution is -0.219. The molecule has 0 atom stereocenters. The Hall–Kier alpha value is -0.160. The van der Waals surface area contributed by atoms with Gasteiger partial charge in [0.05, 0.1) is 26.4 Å². The standard InChI is InChI=1S/C16H30O4/c1-3-5-13-9-19-16(20-10-13)8-7-14-11-17-15(6-4-2)18-12-14/h13-16H,3-12H2,1-2H3/t13-,14-,15-,16-. The van der Waals surface area contributed by atoms with Crippen molar-refractivity contribution in [3.8, 4) is 0 Å². The van der Waals surface area contributed by atoms with E-state index in [1.165, 1.54) is 12.8 Å². The first-order chi connectivity index (χ1) is 9.81. The minimum Gasteiger partial charge on any atom is -0.352 e. The van der Waals surface area contributed by atoms with Gasteiger partial charge in [0.2, 0.25) is 0 Å². The molecule has 4 nitrogen and oxygen atoms in total. The van der Waals surface area contributed by atoms with Crippen molar-refractivity contribution in [2.24, 2.45) is 11.8 Å². The molecule has 2 heterocycles. The van der Waals surface area contributed by atoms with Crippen molar-refractivity contribution in [3.63, 3.8) is 0 Å². The molecular formula is C16H30O4. The summed E-state index contributed by atoms with van der Waals surface area (Å²) < 4.78 is 23.0. The lowest BCUT2D eigenvalue weighted by Gasteiger charge is -2.32. The smallest absolute Gasteiger partial charge is 0.157 e. The molecule has 0 radical (unpaired) electrons. The van der Waals surface area contributed by atoms with Gasteiger partial charge in [0, 0.05) is 11.8 Å². The summed E-state index contributed by atoms with van der Waals surface area (Å²) in [4.78, 5) is 0. The molecule has 0 bridgehead atoms. The van der Waals surface area contributed by atoms with Crippen LogP contribution in [-0.4, -0.2) is 39.0 Å². The summed E-state index contributed by atoms with van der Waals surface area (Å²) >= 11 is 0. The fraction of sp³-hybridized carbons (Fsp3) is 1.00. The van der Waals surface area contributed by atoms with E-state index in [-0.39, 0.29) is 12.6 Å². The van der Waals surface area contributed by atoms with Crippen molar-refractivity contribution >= 4 is 0 Å². The van der Waals surface area contributed by atoms with E-state index in [9.17, 15) is 0 Å². The summed E-state index contributed by atoms with van der Waals surface area (Å²) in [5.41, 5.74) is 0. The van der Waals surface area contributed by atoms with Crippen LogP contribution in [0.1, 0.15) is 52.4 Å². The molecule has 0 N–H and O–H groups in total. The van der Waals surface area contributed by atoms with E-state index < -0.39 is 0 Å². The second-order valence-corrected chi connectivity index (χ2v) is 6.08. The second-order valence-electron chi connectivity index (χ2n) is 6.08. The Morgan fingerprint density at radius 1 is 0.600 bits per heavy atom. The van der Waals surface area contributed by atoms with Crippen LogP contribution in [0.15, 0.2) is 0 Å². The van der Waals surface area contributed by atoms with Gasteiger partial charge < -0.3 is 18.9 Å². The Bertz CT molecular complexity index is 217. The Balaban J connectivity index is 1.55. The molecule has 118 valence electrons. The van der Waals surface area contributed by atoms with Crippen LogP contribution in [0, 0.1) is 11.8 Å². The van der Waals surface area contributed by atoms with Crippen molar-refractivity contribution in [3.05, 3.63) is 0 Å². The molecule has 0 spiro atoms. The zero-order chi connectivity index (χ0) is 14.2. The topological polar surface area (TPSA) is 36.9 Å². The molecule has 4 heteroatoms. The summed E-state index contributed by atoms with van der Waals surface area (Å²) in [6.07, 6.45) is 6.53. The molecule has 2 fully saturated rings. The van der Waals surface area contributed by atoms with Crippen molar-refractivity contribution in [2.45, 2.75) is 65.0 Å². The van der Waals surface area contributed by atoms with Gasteiger partial charge in [-0.05, 0) is 25.7 Å². The van der Waals surface area contributed by atoms with E-state index in [2.05, 4.69) is 13.8 Å². The molecule has 2 aliphatic heterocycles. The number of hydrogen-bond donors (Lipinski definition) is 0. The van der Waals surface area contributed by atoms with Crippen LogP contribution in [0.3, 0.4) is 0 Å². The largest absolute Gasteiger partial charge is 0.352 e. The Kier molecular flexibility index (Phi) is 7.28. The van der Waals surface area contributed by atoms with Gasteiger partial charge in [0.25, 0.3) is 0 Å². The molecular weight excluding hydrogens is 256 g/mol.